The molecule has 2 N–H and O–H groups in total. The van der Waals surface area contributed by atoms with Gasteiger partial charge in [-0.15, -0.1) is 0 Å². The van der Waals surface area contributed by atoms with Crippen molar-refractivity contribution in [3.05, 3.63) is 53.1 Å². The van der Waals surface area contributed by atoms with Crippen LogP contribution in [0.5, 0.6) is 5.75 Å². The van der Waals surface area contributed by atoms with Gasteiger partial charge in [-0.05, 0) is 49.4 Å². The van der Waals surface area contributed by atoms with Gasteiger partial charge in [-0.25, -0.2) is 0 Å². The number of hydrogen-bond donors (Lipinski definition) is 2. The summed E-state index contributed by atoms with van der Waals surface area (Å²) in [6, 6.07) is 12.4. The van der Waals surface area contributed by atoms with Gasteiger partial charge in [0.05, 0.1) is 12.8 Å². The van der Waals surface area contributed by atoms with E-state index in [9.17, 15) is 4.79 Å². The van der Waals surface area contributed by atoms with Crippen molar-refractivity contribution in [2.75, 3.05) is 24.3 Å². The zero-order chi connectivity index (χ0) is 15.2. The third-order valence-corrected chi connectivity index (χ3v) is 3.17. The second kappa shape index (κ2) is 6.99. The van der Waals surface area contributed by atoms with Gasteiger partial charge in [0, 0.05) is 22.8 Å². The van der Waals surface area contributed by atoms with Gasteiger partial charge in [0.15, 0.2) is 0 Å². The molecule has 0 spiro atoms. The molecule has 0 atom stereocenters. The maximum atomic E-state index is 12.2. The Bertz CT molecular complexity index is 627. The molecule has 0 bridgehead atoms. The molecule has 0 saturated heterocycles. The quantitative estimate of drug-likeness (QED) is 0.876. The van der Waals surface area contributed by atoms with Crippen molar-refractivity contribution in [1.82, 2.24) is 0 Å². The van der Waals surface area contributed by atoms with Gasteiger partial charge in [-0.2, -0.15) is 0 Å². The molecule has 2 aromatic carbocycles. The van der Waals surface area contributed by atoms with E-state index in [1.54, 1.807) is 37.4 Å². The molecule has 0 aliphatic heterocycles. The number of rotatable bonds is 5. The monoisotopic (exact) mass is 304 g/mol. The Hall–Kier alpha value is -2.20. The van der Waals surface area contributed by atoms with Crippen LogP contribution in [0.3, 0.4) is 0 Å². The van der Waals surface area contributed by atoms with Gasteiger partial charge < -0.3 is 15.4 Å². The first-order valence-electron chi connectivity index (χ1n) is 6.63. The summed E-state index contributed by atoms with van der Waals surface area (Å²) >= 11 is 5.94. The largest absolute Gasteiger partial charge is 0.495 e. The number of hydrogen-bond acceptors (Lipinski definition) is 3. The molecule has 0 aliphatic rings. The van der Waals surface area contributed by atoms with Crippen molar-refractivity contribution in [1.29, 1.82) is 0 Å². The Kier molecular flexibility index (Phi) is 5.06. The number of amides is 1. The molecule has 0 fully saturated rings. The van der Waals surface area contributed by atoms with E-state index < -0.39 is 0 Å². The molecule has 0 unspecified atom stereocenters. The summed E-state index contributed by atoms with van der Waals surface area (Å²) in [6.07, 6.45) is 0. The van der Waals surface area contributed by atoms with E-state index in [0.717, 1.165) is 12.2 Å². The lowest BCUT2D eigenvalue weighted by Crippen LogP contribution is -2.12. The molecule has 2 aromatic rings. The highest BCUT2D eigenvalue weighted by Crippen LogP contribution is 2.28. The lowest BCUT2D eigenvalue weighted by atomic mass is 10.2. The predicted molar refractivity (Wildman–Crippen MR) is 86.6 cm³/mol. The first kappa shape index (κ1) is 15.2. The van der Waals surface area contributed by atoms with Crippen molar-refractivity contribution >= 4 is 28.9 Å². The van der Waals surface area contributed by atoms with E-state index in [1.807, 2.05) is 19.1 Å². The molecule has 1 amide bonds. The number of nitrogens with one attached hydrogen (secondary N) is 2. The summed E-state index contributed by atoms with van der Waals surface area (Å²) in [6.45, 7) is 2.86. The summed E-state index contributed by atoms with van der Waals surface area (Å²) in [5.41, 5.74) is 2.10. The fraction of sp³-hybridized carbons (Fsp3) is 0.188. The minimum absolute atomic E-state index is 0.210. The van der Waals surface area contributed by atoms with E-state index >= 15 is 0 Å². The fourth-order valence-electron chi connectivity index (χ4n) is 1.92. The summed E-state index contributed by atoms with van der Waals surface area (Å²) in [7, 11) is 1.55. The molecular formula is C16H17ClN2O2. The summed E-state index contributed by atoms with van der Waals surface area (Å²) in [5.74, 6) is 0.357. The third-order valence-electron chi connectivity index (χ3n) is 2.94. The van der Waals surface area contributed by atoms with Crippen LogP contribution in [-0.2, 0) is 0 Å². The first-order chi connectivity index (χ1) is 10.1. The summed E-state index contributed by atoms with van der Waals surface area (Å²) in [5, 5.41) is 6.52. The fourth-order valence-corrected chi connectivity index (χ4v) is 2.09. The lowest BCUT2D eigenvalue weighted by Gasteiger charge is -2.11. The van der Waals surface area contributed by atoms with Crippen molar-refractivity contribution in [3.63, 3.8) is 0 Å². The predicted octanol–water partition coefficient (Wildman–Crippen LogP) is 4.03. The zero-order valence-electron chi connectivity index (χ0n) is 11.9. The number of benzene rings is 2. The normalized spacial score (nSPS) is 10.0. The smallest absolute Gasteiger partial charge is 0.255 e. The number of methoxy groups -OCH3 is 1. The number of ether oxygens (including phenoxy) is 1. The number of carbonyl (C=O) groups excluding carboxylic acids is 1. The highest BCUT2D eigenvalue weighted by Gasteiger charge is 2.10. The van der Waals surface area contributed by atoms with Crippen LogP contribution in [0.1, 0.15) is 17.3 Å². The Balaban J connectivity index is 2.15. The maximum Gasteiger partial charge on any atom is 0.255 e. The standard InChI is InChI=1S/C16H17ClN2O2/c1-3-18-13-7-4-11(5-8-13)16(20)19-14-10-12(17)6-9-15(14)21-2/h4-10,18H,3H2,1-2H3,(H,19,20). The van der Waals surface area contributed by atoms with E-state index in [-0.39, 0.29) is 5.91 Å². The minimum atomic E-state index is -0.210. The maximum absolute atomic E-state index is 12.2. The molecule has 2 rings (SSSR count). The van der Waals surface area contributed by atoms with Crippen LogP contribution in [-0.4, -0.2) is 19.6 Å². The van der Waals surface area contributed by atoms with E-state index in [4.69, 9.17) is 16.3 Å². The molecule has 0 aliphatic carbocycles. The third kappa shape index (κ3) is 3.89. The molecule has 5 heteroatoms. The van der Waals surface area contributed by atoms with Crippen LogP contribution in [0, 0.1) is 0 Å². The number of halogens is 1. The summed E-state index contributed by atoms with van der Waals surface area (Å²) < 4.78 is 5.20. The topological polar surface area (TPSA) is 50.4 Å². The number of anilines is 2. The van der Waals surface area contributed by atoms with Crippen LogP contribution in [0.15, 0.2) is 42.5 Å². The van der Waals surface area contributed by atoms with Crippen LogP contribution in [0.4, 0.5) is 11.4 Å². The first-order valence-corrected chi connectivity index (χ1v) is 7.00. The molecule has 110 valence electrons. The molecule has 0 heterocycles. The summed E-state index contributed by atoms with van der Waals surface area (Å²) in [4.78, 5) is 12.2. The molecule has 21 heavy (non-hydrogen) atoms. The Labute approximate surface area is 129 Å². The average Bonchev–Trinajstić information content (AvgIpc) is 2.48. The van der Waals surface area contributed by atoms with Gasteiger partial charge in [0.25, 0.3) is 5.91 Å². The second-order valence-electron chi connectivity index (χ2n) is 4.41. The van der Waals surface area contributed by atoms with E-state index in [0.29, 0.717) is 22.0 Å². The van der Waals surface area contributed by atoms with Crippen LogP contribution < -0.4 is 15.4 Å². The zero-order valence-corrected chi connectivity index (χ0v) is 12.7. The Morgan fingerprint density at radius 1 is 1.19 bits per heavy atom. The van der Waals surface area contributed by atoms with Crippen LogP contribution in [0.2, 0.25) is 5.02 Å². The van der Waals surface area contributed by atoms with Crippen LogP contribution >= 0.6 is 11.6 Å². The Morgan fingerprint density at radius 2 is 1.90 bits per heavy atom. The van der Waals surface area contributed by atoms with Gasteiger partial charge in [-0.3, -0.25) is 4.79 Å². The average molecular weight is 305 g/mol. The number of carbonyl (C=O) groups is 1. The van der Waals surface area contributed by atoms with E-state index in [2.05, 4.69) is 10.6 Å². The van der Waals surface area contributed by atoms with Gasteiger partial charge in [0.1, 0.15) is 5.75 Å². The van der Waals surface area contributed by atoms with Crippen molar-refractivity contribution in [2.24, 2.45) is 0 Å². The van der Waals surface area contributed by atoms with Gasteiger partial charge >= 0.3 is 0 Å². The van der Waals surface area contributed by atoms with Gasteiger partial charge in [0.2, 0.25) is 0 Å². The lowest BCUT2D eigenvalue weighted by molar-refractivity contribution is 0.102. The second-order valence-corrected chi connectivity index (χ2v) is 4.84. The highest BCUT2D eigenvalue weighted by atomic mass is 35.5. The van der Waals surface area contributed by atoms with Gasteiger partial charge in [-0.1, -0.05) is 11.6 Å². The molecule has 0 aromatic heterocycles. The van der Waals surface area contributed by atoms with Crippen molar-refractivity contribution in [3.8, 4) is 5.75 Å². The Morgan fingerprint density at radius 3 is 2.52 bits per heavy atom. The minimum Gasteiger partial charge on any atom is -0.495 e. The van der Waals surface area contributed by atoms with Crippen LogP contribution in [0.25, 0.3) is 0 Å². The molecular weight excluding hydrogens is 288 g/mol. The van der Waals surface area contributed by atoms with Crippen molar-refractivity contribution in [2.45, 2.75) is 6.92 Å². The van der Waals surface area contributed by atoms with Crippen molar-refractivity contribution < 1.29 is 9.53 Å². The molecule has 0 saturated carbocycles. The molecule has 0 radical (unpaired) electrons. The van der Waals surface area contributed by atoms with E-state index in [1.165, 1.54) is 0 Å². The SMILES string of the molecule is CCNc1ccc(C(=O)Nc2cc(Cl)ccc2OC)cc1. The highest BCUT2D eigenvalue weighted by molar-refractivity contribution is 6.31. The molecule has 4 nitrogen and oxygen atoms in total.